The maximum absolute atomic E-state index is 13.0. The van der Waals surface area contributed by atoms with Crippen molar-refractivity contribution >= 4 is 39.1 Å². The molecule has 2 fully saturated rings. The van der Waals surface area contributed by atoms with Gasteiger partial charge >= 0.3 is 0 Å². The van der Waals surface area contributed by atoms with E-state index in [1.807, 2.05) is 0 Å². The molecule has 1 atom stereocenters. The number of non-ortho nitro benzene ring substituents is 1. The number of benzene rings is 2. The van der Waals surface area contributed by atoms with Crippen LogP contribution in [-0.4, -0.2) is 70.9 Å². The van der Waals surface area contributed by atoms with Crippen LogP contribution >= 0.6 is 15.9 Å². The maximum Gasteiger partial charge on any atom is 0.295 e. The summed E-state index contributed by atoms with van der Waals surface area (Å²) in [4.78, 5) is 40.2. The van der Waals surface area contributed by atoms with Crippen molar-refractivity contribution in [2.24, 2.45) is 0 Å². The summed E-state index contributed by atoms with van der Waals surface area (Å²) in [5.74, 6) is -1.76. The number of hydrogen-bond acceptors (Lipinski definition) is 7. The molecule has 2 saturated heterocycles. The van der Waals surface area contributed by atoms with Gasteiger partial charge in [-0.05, 0) is 29.8 Å². The quantitative estimate of drug-likeness (QED) is 0.206. The van der Waals surface area contributed by atoms with Gasteiger partial charge in [-0.3, -0.25) is 24.6 Å². The Morgan fingerprint density at radius 3 is 2.30 bits per heavy atom. The zero-order valence-corrected chi connectivity index (χ0v) is 19.2. The lowest BCUT2D eigenvalue weighted by Gasteiger charge is -2.31. The molecule has 2 aromatic rings. The van der Waals surface area contributed by atoms with Crippen LogP contribution in [0.4, 0.5) is 5.69 Å². The standard InChI is InChI=1S/C23H22BrN3O6/c24-17-5-1-16(2-6-17)21(28)19-20(15-3-7-18(8-4-15)27(31)32)26(23(30)22(19)29)10-9-25-11-13-33-14-12-25/h1-8,20,28H,9-14H2/b21-19+/t20-/m1/s1. The number of hydrogen-bond donors (Lipinski definition) is 1. The topological polar surface area (TPSA) is 113 Å². The monoisotopic (exact) mass is 515 g/mol. The highest BCUT2D eigenvalue weighted by Crippen LogP contribution is 2.39. The average Bonchev–Trinajstić information content (AvgIpc) is 3.08. The Bertz CT molecular complexity index is 1090. The molecule has 4 rings (SSSR count). The van der Waals surface area contributed by atoms with Crippen molar-refractivity contribution < 1.29 is 24.4 Å². The number of rotatable bonds is 6. The average molecular weight is 516 g/mol. The number of ether oxygens (including phenoxy) is 1. The van der Waals surface area contributed by atoms with Gasteiger partial charge in [-0.1, -0.05) is 28.1 Å². The van der Waals surface area contributed by atoms with Crippen LogP contribution in [0.1, 0.15) is 17.2 Å². The Hall–Kier alpha value is -3.08. The van der Waals surface area contributed by atoms with Gasteiger partial charge in [0, 0.05) is 48.3 Å². The normalized spacial score (nSPS) is 20.9. The first-order valence-corrected chi connectivity index (χ1v) is 11.2. The summed E-state index contributed by atoms with van der Waals surface area (Å²) in [6.07, 6.45) is 0. The number of nitro benzene ring substituents is 1. The van der Waals surface area contributed by atoms with Crippen LogP contribution in [0.25, 0.3) is 5.76 Å². The van der Waals surface area contributed by atoms with Gasteiger partial charge in [0.2, 0.25) is 0 Å². The number of aliphatic hydroxyl groups is 1. The van der Waals surface area contributed by atoms with E-state index in [2.05, 4.69) is 20.8 Å². The van der Waals surface area contributed by atoms with Crippen molar-refractivity contribution in [1.82, 2.24) is 9.80 Å². The zero-order chi connectivity index (χ0) is 23.5. The smallest absolute Gasteiger partial charge is 0.295 e. The molecule has 10 heteroatoms. The highest BCUT2D eigenvalue weighted by atomic mass is 79.9. The summed E-state index contributed by atoms with van der Waals surface area (Å²) < 4.78 is 6.16. The molecule has 2 aliphatic rings. The number of amides is 1. The highest BCUT2D eigenvalue weighted by Gasteiger charge is 2.46. The number of carbonyl (C=O) groups excluding carboxylic acids is 2. The van der Waals surface area contributed by atoms with Gasteiger partial charge in [0.1, 0.15) is 5.76 Å². The molecule has 0 saturated carbocycles. The van der Waals surface area contributed by atoms with Crippen LogP contribution in [0.3, 0.4) is 0 Å². The fraction of sp³-hybridized carbons (Fsp3) is 0.304. The Morgan fingerprint density at radius 2 is 1.70 bits per heavy atom. The van der Waals surface area contributed by atoms with Gasteiger partial charge in [-0.25, -0.2) is 0 Å². The number of aliphatic hydroxyl groups excluding tert-OH is 1. The summed E-state index contributed by atoms with van der Waals surface area (Å²) in [7, 11) is 0. The molecule has 1 N–H and O–H groups in total. The number of likely N-dealkylation sites (tertiary alicyclic amines) is 1. The number of nitrogens with zero attached hydrogens (tertiary/aromatic N) is 3. The van der Waals surface area contributed by atoms with Crippen molar-refractivity contribution in [3.05, 3.63) is 79.8 Å². The van der Waals surface area contributed by atoms with Gasteiger partial charge in [0.25, 0.3) is 17.4 Å². The second-order valence-corrected chi connectivity index (χ2v) is 8.72. The molecule has 33 heavy (non-hydrogen) atoms. The van der Waals surface area contributed by atoms with E-state index >= 15 is 0 Å². The second-order valence-electron chi connectivity index (χ2n) is 7.80. The predicted octanol–water partition coefficient (Wildman–Crippen LogP) is 3.11. The van der Waals surface area contributed by atoms with E-state index in [1.54, 1.807) is 24.3 Å². The van der Waals surface area contributed by atoms with Crippen molar-refractivity contribution in [2.75, 3.05) is 39.4 Å². The van der Waals surface area contributed by atoms with E-state index in [0.29, 0.717) is 30.9 Å². The molecule has 0 bridgehead atoms. The molecule has 0 aliphatic carbocycles. The molecule has 0 radical (unpaired) electrons. The molecule has 172 valence electrons. The Kier molecular flexibility index (Phi) is 6.87. The third-order valence-corrected chi connectivity index (χ3v) is 6.37. The third-order valence-electron chi connectivity index (χ3n) is 5.84. The summed E-state index contributed by atoms with van der Waals surface area (Å²) in [6, 6.07) is 11.6. The summed E-state index contributed by atoms with van der Waals surface area (Å²) >= 11 is 3.34. The van der Waals surface area contributed by atoms with Crippen molar-refractivity contribution in [3.8, 4) is 0 Å². The van der Waals surface area contributed by atoms with E-state index in [4.69, 9.17) is 4.74 Å². The minimum absolute atomic E-state index is 0.0295. The van der Waals surface area contributed by atoms with Crippen LogP contribution in [0.5, 0.6) is 0 Å². The summed E-state index contributed by atoms with van der Waals surface area (Å²) in [5.41, 5.74) is 0.784. The molecular formula is C23H22BrN3O6. The molecule has 9 nitrogen and oxygen atoms in total. The van der Waals surface area contributed by atoms with Gasteiger partial charge in [0.15, 0.2) is 0 Å². The lowest BCUT2D eigenvalue weighted by molar-refractivity contribution is -0.384. The van der Waals surface area contributed by atoms with Crippen molar-refractivity contribution in [2.45, 2.75) is 6.04 Å². The van der Waals surface area contributed by atoms with E-state index in [9.17, 15) is 24.8 Å². The van der Waals surface area contributed by atoms with Gasteiger partial charge < -0.3 is 14.7 Å². The molecule has 2 heterocycles. The predicted molar refractivity (Wildman–Crippen MR) is 124 cm³/mol. The maximum atomic E-state index is 13.0. The summed E-state index contributed by atoms with van der Waals surface area (Å²) in [5, 5.41) is 22.1. The van der Waals surface area contributed by atoms with Gasteiger partial charge in [-0.15, -0.1) is 0 Å². The summed E-state index contributed by atoms with van der Waals surface area (Å²) in [6.45, 7) is 3.47. The number of Topliss-reactive ketones (excluding diaryl/α,β-unsaturated/α-hetero) is 1. The van der Waals surface area contributed by atoms with Crippen LogP contribution in [0.15, 0.2) is 58.6 Å². The first-order chi connectivity index (χ1) is 15.9. The lowest BCUT2D eigenvalue weighted by Crippen LogP contribution is -2.42. The number of halogens is 1. The Labute approximate surface area is 198 Å². The third kappa shape index (κ3) is 4.82. The van der Waals surface area contributed by atoms with Crippen LogP contribution in [0, 0.1) is 10.1 Å². The lowest BCUT2D eigenvalue weighted by atomic mass is 9.95. The molecule has 1 amide bonds. The minimum atomic E-state index is -0.851. The molecule has 0 unspecified atom stereocenters. The van der Waals surface area contributed by atoms with Gasteiger partial charge in [-0.2, -0.15) is 0 Å². The number of morpholine rings is 1. The zero-order valence-electron chi connectivity index (χ0n) is 17.6. The number of carbonyl (C=O) groups is 2. The van der Waals surface area contributed by atoms with Crippen molar-refractivity contribution in [1.29, 1.82) is 0 Å². The molecule has 2 aliphatic heterocycles. The Morgan fingerprint density at radius 1 is 1.06 bits per heavy atom. The van der Waals surface area contributed by atoms with E-state index in [1.165, 1.54) is 29.2 Å². The van der Waals surface area contributed by atoms with E-state index < -0.39 is 22.7 Å². The van der Waals surface area contributed by atoms with Crippen LogP contribution in [-0.2, 0) is 14.3 Å². The minimum Gasteiger partial charge on any atom is -0.507 e. The Balaban J connectivity index is 1.74. The number of ketones is 1. The number of nitro groups is 1. The fourth-order valence-corrected chi connectivity index (χ4v) is 4.34. The van der Waals surface area contributed by atoms with Gasteiger partial charge in [0.05, 0.1) is 29.8 Å². The van der Waals surface area contributed by atoms with E-state index in [-0.39, 0.29) is 23.6 Å². The van der Waals surface area contributed by atoms with Crippen LogP contribution < -0.4 is 0 Å². The largest absolute Gasteiger partial charge is 0.507 e. The fourth-order valence-electron chi connectivity index (χ4n) is 4.07. The van der Waals surface area contributed by atoms with E-state index in [0.717, 1.165) is 17.6 Å². The molecule has 2 aromatic carbocycles. The second kappa shape index (κ2) is 9.82. The van der Waals surface area contributed by atoms with Crippen LogP contribution in [0.2, 0.25) is 0 Å². The molecule has 0 spiro atoms. The first kappa shape index (κ1) is 23.1. The van der Waals surface area contributed by atoms with Crippen molar-refractivity contribution in [3.63, 3.8) is 0 Å². The first-order valence-electron chi connectivity index (χ1n) is 10.5. The SMILES string of the molecule is O=C1C(=O)N(CCN2CCOCC2)[C@H](c2ccc([N+](=O)[O-])cc2)/C1=C(\O)c1ccc(Br)cc1. The molecular weight excluding hydrogens is 494 g/mol. The molecule has 0 aromatic heterocycles. The highest BCUT2D eigenvalue weighted by molar-refractivity contribution is 9.10.